The molecule has 0 aliphatic heterocycles. The Bertz CT molecular complexity index is 398. The fourth-order valence-corrected chi connectivity index (χ4v) is 1.89. The summed E-state index contributed by atoms with van der Waals surface area (Å²) in [4.78, 5) is 11.0. The quantitative estimate of drug-likeness (QED) is 0.847. The van der Waals surface area contributed by atoms with E-state index in [-0.39, 0.29) is 12.0 Å². The van der Waals surface area contributed by atoms with Crippen LogP contribution < -0.4 is 5.32 Å². The zero-order valence-corrected chi connectivity index (χ0v) is 12.1. The molecule has 5 heteroatoms. The third-order valence-corrected chi connectivity index (χ3v) is 3.55. The molecule has 17 heavy (non-hydrogen) atoms. The summed E-state index contributed by atoms with van der Waals surface area (Å²) < 4.78 is 5.48. The first-order valence-electron chi connectivity index (χ1n) is 5.27. The van der Waals surface area contributed by atoms with Crippen molar-refractivity contribution in [2.45, 2.75) is 25.9 Å². The molecule has 0 fully saturated rings. The second-order valence-corrected chi connectivity index (χ2v) is 5.07. The van der Waals surface area contributed by atoms with E-state index in [0.29, 0.717) is 18.0 Å². The lowest BCUT2D eigenvalue weighted by molar-refractivity contribution is -0.141. The Labute approximate surface area is 115 Å². The molecule has 1 aromatic rings. The molecule has 0 aliphatic carbocycles. The maximum absolute atomic E-state index is 11.0. The SMILES string of the molecule is COC(=O)CC(C)NCc1ccc(Cl)c(Br)c1. The van der Waals surface area contributed by atoms with Gasteiger partial charge in [0.15, 0.2) is 0 Å². The maximum atomic E-state index is 11.0. The summed E-state index contributed by atoms with van der Waals surface area (Å²) in [6, 6.07) is 5.83. The Morgan fingerprint density at radius 2 is 2.29 bits per heavy atom. The Balaban J connectivity index is 2.44. The van der Waals surface area contributed by atoms with Crippen molar-refractivity contribution in [3.63, 3.8) is 0 Å². The molecule has 0 aliphatic rings. The summed E-state index contributed by atoms with van der Waals surface area (Å²) >= 11 is 9.27. The van der Waals surface area contributed by atoms with Gasteiger partial charge in [0, 0.05) is 17.1 Å². The lowest BCUT2D eigenvalue weighted by Crippen LogP contribution is -2.28. The number of methoxy groups -OCH3 is 1. The first-order chi connectivity index (χ1) is 8.02. The molecular weight excluding hydrogens is 305 g/mol. The molecule has 0 amide bonds. The predicted octanol–water partition coefficient (Wildman–Crippen LogP) is 3.14. The van der Waals surface area contributed by atoms with Gasteiger partial charge in [-0.2, -0.15) is 0 Å². The van der Waals surface area contributed by atoms with Crippen LogP contribution in [-0.2, 0) is 16.1 Å². The van der Waals surface area contributed by atoms with Gasteiger partial charge in [0.1, 0.15) is 0 Å². The number of halogens is 2. The zero-order valence-electron chi connectivity index (χ0n) is 9.80. The van der Waals surface area contributed by atoms with Crippen LogP contribution in [0.25, 0.3) is 0 Å². The number of esters is 1. The van der Waals surface area contributed by atoms with Crippen LogP contribution in [0.1, 0.15) is 18.9 Å². The van der Waals surface area contributed by atoms with Crippen LogP contribution in [0.3, 0.4) is 0 Å². The molecule has 0 saturated carbocycles. The van der Waals surface area contributed by atoms with Gasteiger partial charge in [0.2, 0.25) is 0 Å². The van der Waals surface area contributed by atoms with Gasteiger partial charge in [-0.15, -0.1) is 0 Å². The van der Waals surface area contributed by atoms with E-state index in [9.17, 15) is 4.79 Å². The van der Waals surface area contributed by atoms with Gasteiger partial charge in [-0.05, 0) is 40.5 Å². The van der Waals surface area contributed by atoms with E-state index in [4.69, 9.17) is 11.6 Å². The van der Waals surface area contributed by atoms with Crippen molar-refractivity contribution in [1.82, 2.24) is 5.32 Å². The normalized spacial score (nSPS) is 12.2. The third-order valence-electron chi connectivity index (χ3n) is 2.34. The lowest BCUT2D eigenvalue weighted by Gasteiger charge is -2.12. The number of carbonyl (C=O) groups is 1. The van der Waals surface area contributed by atoms with Gasteiger partial charge >= 0.3 is 5.97 Å². The van der Waals surface area contributed by atoms with Gasteiger partial charge in [-0.3, -0.25) is 4.79 Å². The molecule has 1 unspecified atom stereocenters. The highest BCUT2D eigenvalue weighted by Crippen LogP contribution is 2.23. The molecule has 0 saturated heterocycles. The number of hydrogen-bond donors (Lipinski definition) is 1. The minimum Gasteiger partial charge on any atom is -0.469 e. The highest BCUT2D eigenvalue weighted by Gasteiger charge is 2.08. The Morgan fingerprint density at radius 1 is 1.59 bits per heavy atom. The number of benzene rings is 1. The van der Waals surface area contributed by atoms with Crippen LogP contribution in [0, 0.1) is 0 Å². The van der Waals surface area contributed by atoms with Crippen LogP contribution in [0.4, 0.5) is 0 Å². The second-order valence-electron chi connectivity index (χ2n) is 3.81. The van der Waals surface area contributed by atoms with E-state index in [1.54, 1.807) is 0 Å². The highest BCUT2D eigenvalue weighted by atomic mass is 79.9. The monoisotopic (exact) mass is 319 g/mol. The maximum Gasteiger partial charge on any atom is 0.307 e. The largest absolute Gasteiger partial charge is 0.469 e. The van der Waals surface area contributed by atoms with Crippen LogP contribution in [-0.4, -0.2) is 19.1 Å². The Morgan fingerprint density at radius 3 is 2.88 bits per heavy atom. The highest BCUT2D eigenvalue weighted by molar-refractivity contribution is 9.10. The average Bonchev–Trinajstić information content (AvgIpc) is 2.30. The van der Waals surface area contributed by atoms with Gasteiger partial charge in [-0.25, -0.2) is 0 Å². The van der Waals surface area contributed by atoms with Gasteiger partial charge in [-0.1, -0.05) is 17.7 Å². The number of carbonyl (C=O) groups excluding carboxylic acids is 1. The minimum absolute atomic E-state index is 0.0805. The van der Waals surface area contributed by atoms with Crippen LogP contribution in [0.15, 0.2) is 22.7 Å². The molecule has 0 bridgehead atoms. The number of ether oxygens (including phenoxy) is 1. The van der Waals surface area contributed by atoms with Crippen molar-refractivity contribution in [1.29, 1.82) is 0 Å². The van der Waals surface area contributed by atoms with E-state index in [0.717, 1.165) is 10.0 Å². The fourth-order valence-electron chi connectivity index (χ4n) is 1.35. The van der Waals surface area contributed by atoms with E-state index in [1.165, 1.54) is 7.11 Å². The third kappa shape index (κ3) is 5.06. The molecule has 0 aromatic heterocycles. The van der Waals surface area contributed by atoms with Gasteiger partial charge in [0.05, 0.1) is 18.6 Å². The number of hydrogen-bond acceptors (Lipinski definition) is 3. The molecule has 0 radical (unpaired) electrons. The molecule has 1 rings (SSSR count). The molecule has 1 N–H and O–H groups in total. The van der Waals surface area contributed by atoms with Crippen molar-refractivity contribution in [3.05, 3.63) is 33.3 Å². The summed E-state index contributed by atoms with van der Waals surface area (Å²) in [6.45, 7) is 2.63. The smallest absolute Gasteiger partial charge is 0.307 e. The summed E-state index contributed by atoms with van der Waals surface area (Å²) in [5.74, 6) is -0.206. The lowest BCUT2D eigenvalue weighted by atomic mass is 10.2. The van der Waals surface area contributed by atoms with Crippen LogP contribution >= 0.6 is 27.5 Å². The standard InChI is InChI=1S/C12H15BrClNO2/c1-8(5-12(16)17-2)15-7-9-3-4-11(14)10(13)6-9/h3-4,6,8,15H,5,7H2,1-2H3. The molecule has 0 heterocycles. The van der Waals surface area contributed by atoms with Crippen LogP contribution in [0.2, 0.25) is 5.02 Å². The Kier molecular flexibility index (Phi) is 5.95. The zero-order chi connectivity index (χ0) is 12.8. The topological polar surface area (TPSA) is 38.3 Å². The van der Waals surface area contributed by atoms with Gasteiger partial charge in [0.25, 0.3) is 0 Å². The van der Waals surface area contributed by atoms with Crippen molar-refractivity contribution < 1.29 is 9.53 Å². The van der Waals surface area contributed by atoms with Crippen LogP contribution in [0.5, 0.6) is 0 Å². The minimum atomic E-state index is -0.206. The first-order valence-corrected chi connectivity index (χ1v) is 6.44. The molecule has 94 valence electrons. The summed E-state index contributed by atoms with van der Waals surface area (Å²) in [7, 11) is 1.39. The first kappa shape index (κ1) is 14.5. The Hall–Kier alpha value is -0.580. The average molecular weight is 321 g/mol. The number of rotatable bonds is 5. The van der Waals surface area contributed by atoms with Crippen molar-refractivity contribution in [2.75, 3.05) is 7.11 Å². The summed E-state index contributed by atoms with van der Waals surface area (Å²) in [5, 5.41) is 3.94. The summed E-state index contributed by atoms with van der Waals surface area (Å²) in [5.41, 5.74) is 1.11. The second kappa shape index (κ2) is 6.99. The molecule has 1 aromatic carbocycles. The van der Waals surface area contributed by atoms with Gasteiger partial charge < -0.3 is 10.1 Å². The predicted molar refractivity (Wildman–Crippen MR) is 72.1 cm³/mol. The van der Waals surface area contributed by atoms with E-state index >= 15 is 0 Å². The van der Waals surface area contributed by atoms with E-state index in [2.05, 4.69) is 26.0 Å². The van der Waals surface area contributed by atoms with Crippen molar-refractivity contribution in [3.8, 4) is 0 Å². The molecule has 0 spiro atoms. The van der Waals surface area contributed by atoms with Crippen molar-refractivity contribution in [2.24, 2.45) is 0 Å². The fraction of sp³-hybridized carbons (Fsp3) is 0.417. The molecular formula is C12H15BrClNO2. The number of nitrogens with one attached hydrogen (secondary N) is 1. The van der Waals surface area contributed by atoms with E-state index < -0.39 is 0 Å². The summed E-state index contributed by atoms with van der Waals surface area (Å²) in [6.07, 6.45) is 0.366. The molecule has 3 nitrogen and oxygen atoms in total. The molecule has 1 atom stereocenters. The van der Waals surface area contributed by atoms with Crippen molar-refractivity contribution >= 4 is 33.5 Å². The van der Waals surface area contributed by atoms with E-state index in [1.807, 2.05) is 25.1 Å².